The molecule has 1 aromatic rings. The van der Waals surface area contributed by atoms with Crippen molar-refractivity contribution in [3.63, 3.8) is 0 Å². The quantitative estimate of drug-likeness (QED) is 0.766. The van der Waals surface area contributed by atoms with Crippen LogP contribution in [-0.4, -0.2) is 51.0 Å². The van der Waals surface area contributed by atoms with E-state index in [-0.39, 0.29) is 29.7 Å². The van der Waals surface area contributed by atoms with Gasteiger partial charge in [0.1, 0.15) is 5.82 Å². The summed E-state index contributed by atoms with van der Waals surface area (Å²) >= 11 is 0. The lowest BCUT2D eigenvalue weighted by atomic mass is 9.86. The van der Waals surface area contributed by atoms with E-state index in [0.717, 1.165) is 37.9 Å². The van der Waals surface area contributed by atoms with Gasteiger partial charge in [0.25, 0.3) is 0 Å². The van der Waals surface area contributed by atoms with Crippen molar-refractivity contribution in [3.8, 4) is 0 Å². The molecule has 1 aromatic heterocycles. The number of nitrogens with one attached hydrogen (secondary N) is 2. The molecule has 3 aliphatic rings. The van der Waals surface area contributed by atoms with Crippen molar-refractivity contribution >= 4 is 11.8 Å². The number of aromatic nitrogens is 3. The Balaban J connectivity index is 1.38. The highest BCUT2D eigenvalue weighted by molar-refractivity contribution is 5.80. The molecule has 0 radical (unpaired) electrons. The van der Waals surface area contributed by atoms with Crippen LogP contribution in [-0.2, 0) is 9.59 Å². The number of aromatic amines is 1. The summed E-state index contributed by atoms with van der Waals surface area (Å²) in [7, 11) is 0. The van der Waals surface area contributed by atoms with Gasteiger partial charge in [0.2, 0.25) is 11.8 Å². The Kier molecular flexibility index (Phi) is 6.50. The number of rotatable bonds is 6. The zero-order valence-corrected chi connectivity index (χ0v) is 17.7. The van der Waals surface area contributed by atoms with Crippen molar-refractivity contribution in [3.05, 3.63) is 11.6 Å². The minimum absolute atomic E-state index is 0.0380. The molecule has 2 N–H and O–H groups in total. The highest BCUT2D eigenvalue weighted by Crippen LogP contribution is 2.31. The average Bonchev–Trinajstić information content (AvgIpc) is 3.47. The molecule has 4 rings (SSSR count). The van der Waals surface area contributed by atoms with Crippen LogP contribution in [0.25, 0.3) is 0 Å². The van der Waals surface area contributed by atoms with E-state index in [0.29, 0.717) is 31.3 Å². The van der Waals surface area contributed by atoms with Gasteiger partial charge in [-0.25, -0.2) is 4.98 Å². The second-order valence-electron chi connectivity index (χ2n) is 9.32. The lowest BCUT2D eigenvalue weighted by molar-refractivity contribution is -0.131. The molecule has 0 unspecified atom stereocenters. The second-order valence-corrected chi connectivity index (χ2v) is 9.32. The fourth-order valence-corrected chi connectivity index (χ4v) is 5.39. The van der Waals surface area contributed by atoms with Crippen molar-refractivity contribution in [2.45, 2.75) is 89.5 Å². The zero-order valence-electron chi connectivity index (χ0n) is 17.7. The molecule has 2 saturated carbocycles. The molecular formula is C22H35N5O2. The Hall–Kier alpha value is -1.92. The summed E-state index contributed by atoms with van der Waals surface area (Å²) in [5.41, 5.74) is 0. The van der Waals surface area contributed by atoms with Gasteiger partial charge in [0, 0.05) is 25.4 Å². The Bertz CT molecular complexity index is 706. The van der Waals surface area contributed by atoms with E-state index in [1.54, 1.807) is 0 Å². The fraction of sp³-hybridized carbons (Fsp3) is 0.818. The highest BCUT2D eigenvalue weighted by atomic mass is 16.2. The van der Waals surface area contributed by atoms with Crippen LogP contribution in [0.15, 0.2) is 0 Å². The Morgan fingerprint density at radius 2 is 1.79 bits per heavy atom. The third-order valence-corrected chi connectivity index (χ3v) is 7.16. The van der Waals surface area contributed by atoms with E-state index in [1.165, 1.54) is 32.1 Å². The van der Waals surface area contributed by atoms with Crippen molar-refractivity contribution in [2.24, 2.45) is 11.8 Å². The standard InChI is InChI=1S/C22H35N5O2/c1-15-23-21(26-25-15)18-13-27(20(28)12-11-16-7-3-2-4-8-16)14-19(18)24-22(29)17-9-5-6-10-17/h16-19H,2-14H2,1H3,(H,24,29)(H,23,25,26)/t18-,19-/m1/s1. The van der Waals surface area contributed by atoms with Gasteiger partial charge < -0.3 is 10.2 Å². The monoisotopic (exact) mass is 401 g/mol. The molecule has 2 amide bonds. The first kappa shape index (κ1) is 20.4. The van der Waals surface area contributed by atoms with Crippen molar-refractivity contribution in [1.29, 1.82) is 0 Å². The maximum atomic E-state index is 12.9. The molecule has 160 valence electrons. The first-order chi connectivity index (χ1) is 14.1. The minimum Gasteiger partial charge on any atom is -0.351 e. The van der Waals surface area contributed by atoms with Crippen LogP contribution < -0.4 is 5.32 Å². The number of likely N-dealkylation sites (tertiary alicyclic amines) is 1. The molecule has 7 heteroatoms. The molecular weight excluding hydrogens is 366 g/mol. The van der Waals surface area contributed by atoms with Gasteiger partial charge in [-0.3, -0.25) is 14.7 Å². The van der Waals surface area contributed by atoms with Gasteiger partial charge in [0.05, 0.1) is 12.0 Å². The third kappa shape index (κ3) is 4.98. The number of hydrogen-bond acceptors (Lipinski definition) is 4. The summed E-state index contributed by atoms with van der Waals surface area (Å²) in [5, 5.41) is 10.5. The number of hydrogen-bond donors (Lipinski definition) is 2. The Morgan fingerprint density at radius 3 is 2.48 bits per heavy atom. The first-order valence-corrected chi connectivity index (χ1v) is 11.6. The van der Waals surface area contributed by atoms with Gasteiger partial charge in [-0.2, -0.15) is 5.10 Å². The first-order valence-electron chi connectivity index (χ1n) is 11.6. The van der Waals surface area contributed by atoms with Gasteiger partial charge in [-0.05, 0) is 32.1 Å². The van der Waals surface area contributed by atoms with Crippen LogP contribution >= 0.6 is 0 Å². The maximum absolute atomic E-state index is 12.9. The van der Waals surface area contributed by atoms with Crippen LogP contribution in [0.5, 0.6) is 0 Å². The lowest BCUT2D eigenvalue weighted by Crippen LogP contribution is -2.43. The van der Waals surface area contributed by atoms with E-state index >= 15 is 0 Å². The summed E-state index contributed by atoms with van der Waals surface area (Å²) in [4.78, 5) is 32.1. The predicted molar refractivity (Wildman–Crippen MR) is 110 cm³/mol. The summed E-state index contributed by atoms with van der Waals surface area (Å²) in [5.74, 6) is 2.63. The molecule has 1 aliphatic heterocycles. The number of carbonyl (C=O) groups excluding carboxylic acids is 2. The van der Waals surface area contributed by atoms with E-state index in [1.807, 2.05) is 11.8 Å². The second kappa shape index (κ2) is 9.26. The molecule has 1 saturated heterocycles. The number of carbonyl (C=O) groups is 2. The van der Waals surface area contributed by atoms with E-state index in [2.05, 4.69) is 20.5 Å². The van der Waals surface area contributed by atoms with Gasteiger partial charge in [0.15, 0.2) is 5.82 Å². The molecule has 29 heavy (non-hydrogen) atoms. The molecule has 2 heterocycles. The molecule has 2 atom stereocenters. The SMILES string of the molecule is Cc1nc([C@@H]2CN(C(=O)CCC3CCCCC3)C[C@H]2NC(=O)C2CCCC2)n[nH]1. The van der Waals surface area contributed by atoms with Crippen LogP contribution in [0.3, 0.4) is 0 Å². The largest absolute Gasteiger partial charge is 0.351 e. The molecule has 0 bridgehead atoms. The summed E-state index contributed by atoms with van der Waals surface area (Å²) in [6, 6.07) is -0.100. The van der Waals surface area contributed by atoms with Crippen LogP contribution in [0.1, 0.15) is 88.2 Å². The van der Waals surface area contributed by atoms with Crippen LogP contribution in [0.2, 0.25) is 0 Å². The smallest absolute Gasteiger partial charge is 0.223 e. The number of aryl methyl sites for hydroxylation is 1. The van der Waals surface area contributed by atoms with Gasteiger partial charge >= 0.3 is 0 Å². The predicted octanol–water partition coefficient (Wildman–Crippen LogP) is 3.07. The number of amides is 2. The van der Waals surface area contributed by atoms with Crippen molar-refractivity contribution in [1.82, 2.24) is 25.4 Å². The van der Waals surface area contributed by atoms with Crippen LogP contribution in [0, 0.1) is 18.8 Å². The van der Waals surface area contributed by atoms with Crippen LogP contribution in [0.4, 0.5) is 0 Å². The minimum atomic E-state index is -0.100. The topological polar surface area (TPSA) is 91.0 Å². The number of H-pyrrole nitrogens is 1. The third-order valence-electron chi connectivity index (χ3n) is 7.16. The maximum Gasteiger partial charge on any atom is 0.223 e. The normalized spacial score (nSPS) is 26.2. The molecule has 0 aromatic carbocycles. The summed E-state index contributed by atoms with van der Waals surface area (Å²) in [6.45, 7) is 3.04. The summed E-state index contributed by atoms with van der Waals surface area (Å²) < 4.78 is 0. The van der Waals surface area contributed by atoms with E-state index in [4.69, 9.17) is 0 Å². The average molecular weight is 402 g/mol. The zero-order chi connectivity index (χ0) is 20.2. The number of nitrogens with zero attached hydrogens (tertiary/aromatic N) is 3. The molecule has 7 nitrogen and oxygen atoms in total. The van der Waals surface area contributed by atoms with Crippen molar-refractivity contribution < 1.29 is 9.59 Å². The van der Waals surface area contributed by atoms with E-state index in [9.17, 15) is 9.59 Å². The Morgan fingerprint density at radius 1 is 1.07 bits per heavy atom. The highest BCUT2D eigenvalue weighted by Gasteiger charge is 2.40. The van der Waals surface area contributed by atoms with E-state index < -0.39 is 0 Å². The molecule has 2 aliphatic carbocycles. The lowest BCUT2D eigenvalue weighted by Gasteiger charge is -2.23. The Labute approximate surface area is 173 Å². The molecule has 3 fully saturated rings. The molecule has 0 spiro atoms. The summed E-state index contributed by atoms with van der Waals surface area (Å²) in [6.07, 6.45) is 12.4. The van der Waals surface area contributed by atoms with Gasteiger partial charge in [-0.15, -0.1) is 0 Å². The van der Waals surface area contributed by atoms with Gasteiger partial charge in [-0.1, -0.05) is 44.9 Å². The fourth-order valence-electron chi connectivity index (χ4n) is 5.39. The van der Waals surface area contributed by atoms with Crippen molar-refractivity contribution in [2.75, 3.05) is 13.1 Å².